The summed E-state index contributed by atoms with van der Waals surface area (Å²) >= 11 is 0. The van der Waals surface area contributed by atoms with E-state index in [9.17, 15) is 27.2 Å². The predicted octanol–water partition coefficient (Wildman–Crippen LogP) is 2.92. The first-order valence-electron chi connectivity index (χ1n) is 7.58. The molecule has 1 unspecified atom stereocenters. The maximum atomic E-state index is 13.9. The molecule has 1 saturated heterocycles. The van der Waals surface area contributed by atoms with Crippen LogP contribution >= 0.6 is 0 Å². The zero-order valence-corrected chi connectivity index (χ0v) is 13.1. The van der Waals surface area contributed by atoms with Crippen molar-refractivity contribution in [3.05, 3.63) is 29.6 Å². The number of carbonyl (C=O) groups is 2. The van der Waals surface area contributed by atoms with Crippen molar-refractivity contribution < 1.29 is 27.2 Å². The first-order valence-corrected chi connectivity index (χ1v) is 7.58. The second-order valence-corrected chi connectivity index (χ2v) is 5.81. The molecule has 24 heavy (non-hydrogen) atoms. The normalized spacial score (nSPS) is 18.4. The van der Waals surface area contributed by atoms with Crippen LogP contribution in [0, 0.1) is 11.7 Å². The summed E-state index contributed by atoms with van der Waals surface area (Å²) in [4.78, 5) is 25.3. The molecular formula is C16H18F4N2O2. The van der Waals surface area contributed by atoms with Gasteiger partial charge in [0.15, 0.2) is 5.78 Å². The Morgan fingerprint density at radius 3 is 2.67 bits per heavy atom. The first-order chi connectivity index (χ1) is 11.2. The largest absolute Gasteiger partial charge is 0.405 e. The molecule has 1 N–H and O–H groups in total. The van der Waals surface area contributed by atoms with Gasteiger partial charge < -0.3 is 10.2 Å². The lowest BCUT2D eigenvalue weighted by atomic mass is 9.95. The van der Waals surface area contributed by atoms with Crippen molar-refractivity contribution in [3.63, 3.8) is 0 Å². The second-order valence-electron chi connectivity index (χ2n) is 5.81. The lowest BCUT2D eigenvalue weighted by Gasteiger charge is -2.34. The Labute approximate surface area is 136 Å². The third-order valence-corrected chi connectivity index (χ3v) is 3.94. The third kappa shape index (κ3) is 4.46. The number of rotatable bonds is 4. The summed E-state index contributed by atoms with van der Waals surface area (Å²) in [5, 5.41) is 1.88. The fourth-order valence-corrected chi connectivity index (χ4v) is 2.87. The molecule has 0 spiro atoms. The molecule has 1 heterocycles. The summed E-state index contributed by atoms with van der Waals surface area (Å²) in [5.41, 5.74) is 0.310. The smallest absolute Gasteiger partial charge is 0.370 e. The molecule has 0 saturated carbocycles. The summed E-state index contributed by atoms with van der Waals surface area (Å²) in [6, 6.07) is 4.22. The topological polar surface area (TPSA) is 49.4 Å². The Morgan fingerprint density at radius 1 is 1.33 bits per heavy atom. The monoisotopic (exact) mass is 346 g/mol. The zero-order valence-electron chi connectivity index (χ0n) is 13.1. The SMILES string of the molecule is CC(=O)c1c(F)cccc1N1CCCC(C(=O)NCC(F)(F)F)C1. The van der Waals surface area contributed by atoms with E-state index in [-0.39, 0.29) is 12.1 Å². The lowest BCUT2D eigenvalue weighted by Crippen LogP contribution is -2.45. The number of halogens is 4. The molecule has 1 aliphatic rings. The molecule has 1 aliphatic heterocycles. The molecule has 8 heteroatoms. The van der Waals surface area contributed by atoms with Gasteiger partial charge in [0.25, 0.3) is 0 Å². The number of alkyl halides is 3. The number of amides is 1. The van der Waals surface area contributed by atoms with Crippen LogP contribution in [-0.2, 0) is 4.79 Å². The van der Waals surface area contributed by atoms with Crippen molar-refractivity contribution in [1.82, 2.24) is 5.32 Å². The Balaban J connectivity index is 2.13. The Kier molecular flexibility index (Phi) is 5.46. The maximum absolute atomic E-state index is 13.9. The molecule has 1 aromatic rings. The number of anilines is 1. The molecular weight excluding hydrogens is 328 g/mol. The first kappa shape index (κ1) is 18.2. The number of Topliss-reactive ketones (excluding diaryl/α,β-unsaturated/α-hetero) is 1. The molecule has 0 radical (unpaired) electrons. The summed E-state index contributed by atoms with van der Waals surface area (Å²) in [6.45, 7) is 0.528. The minimum absolute atomic E-state index is 0.0613. The minimum atomic E-state index is -4.46. The van der Waals surface area contributed by atoms with E-state index in [4.69, 9.17) is 0 Å². The van der Waals surface area contributed by atoms with Crippen LogP contribution in [0.15, 0.2) is 18.2 Å². The van der Waals surface area contributed by atoms with E-state index >= 15 is 0 Å². The van der Waals surface area contributed by atoms with Crippen molar-refractivity contribution in [2.24, 2.45) is 5.92 Å². The van der Waals surface area contributed by atoms with E-state index < -0.39 is 36.1 Å². The van der Waals surface area contributed by atoms with Gasteiger partial charge in [-0.15, -0.1) is 0 Å². The van der Waals surface area contributed by atoms with Crippen molar-refractivity contribution in [1.29, 1.82) is 0 Å². The summed E-state index contributed by atoms with van der Waals surface area (Å²) in [7, 11) is 0. The van der Waals surface area contributed by atoms with Gasteiger partial charge in [0.05, 0.1) is 17.2 Å². The maximum Gasteiger partial charge on any atom is 0.405 e. The van der Waals surface area contributed by atoms with E-state index in [1.165, 1.54) is 19.1 Å². The molecule has 1 fully saturated rings. The van der Waals surface area contributed by atoms with Crippen molar-refractivity contribution >= 4 is 17.4 Å². The number of nitrogens with zero attached hydrogens (tertiary/aromatic N) is 1. The number of benzene rings is 1. The van der Waals surface area contributed by atoms with Crippen LogP contribution in [0.25, 0.3) is 0 Å². The molecule has 0 aliphatic carbocycles. The fourth-order valence-electron chi connectivity index (χ4n) is 2.87. The van der Waals surface area contributed by atoms with Crippen molar-refractivity contribution in [3.8, 4) is 0 Å². The molecule has 0 bridgehead atoms. The van der Waals surface area contributed by atoms with Crippen LogP contribution in [0.5, 0.6) is 0 Å². The highest BCUT2D eigenvalue weighted by Gasteiger charge is 2.32. The quantitative estimate of drug-likeness (QED) is 0.674. The van der Waals surface area contributed by atoms with E-state index in [1.54, 1.807) is 11.0 Å². The highest BCUT2D eigenvalue weighted by molar-refractivity contribution is 6.00. The van der Waals surface area contributed by atoms with Gasteiger partial charge in [-0.05, 0) is 31.9 Å². The predicted molar refractivity (Wildman–Crippen MR) is 80.4 cm³/mol. The lowest BCUT2D eigenvalue weighted by molar-refractivity contribution is -0.140. The zero-order chi connectivity index (χ0) is 17.9. The van der Waals surface area contributed by atoms with Gasteiger partial charge in [-0.2, -0.15) is 13.2 Å². The van der Waals surface area contributed by atoms with Crippen LogP contribution in [0.4, 0.5) is 23.2 Å². The van der Waals surface area contributed by atoms with Crippen LogP contribution in [0.3, 0.4) is 0 Å². The number of ketones is 1. The number of carbonyl (C=O) groups excluding carboxylic acids is 2. The van der Waals surface area contributed by atoms with Gasteiger partial charge in [-0.1, -0.05) is 6.07 Å². The Hall–Kier alpha value is -2.12. The fraction of sp³-hybridized carbons (Fsp3) is 0.500. The van der Waals surface area contributed by atoms with Crippen LogP contribution in [0.1, 0.15) is 30.1 Å². The molecule has 132 valence electrons. The van der Waals surface area contributed by atoms with Gasteiger partial charge in [0.2, 0.25) is 5.91 Å². The second kappa shape index (κ2) is 7.19. The molecule has 4 nitrogen and oxygen atoms in total. The van der Waals surface area contributed by atoms with Crippen molar-refractivity contribution in [2.45, 2.75) is 25.9 Å². The van der Waals surface area contributed by atoms with E-state index in [0.29, 0.717) is 25.1 Å². The molecule has 1 amide bonds. The summed E-state index contributed by atoms with van der Waals surface area (Å²) in [6.07, 6.45) is -3.45. The number of hydrogen-bond donors (Lipinski definition) is 1. The van der Waals surface area contributed by atoms with Gasteiger partial charge >= 0.3 is 6.18 Å². The summed E-state index contributed by atoms with van der Waals surface area (Å²) < 4.78 is 50.5. The highest BCUT2D eigenvalue weighted by Crippen LogP contribution is 2.28. The van der Waals surface area contributed by atoms with E-state index in [0.717, 1.165) is 0 Å². The summed E-state index contributed by atoms with van der Waals surface area (Å²) in [5.74, 6) is -2.41. The van der Waals surface area contributed by atoms with Crippen molar-refractivity contribution in [2.75, 3.05) is 24.5 Å². The molecule has 1 atom stereocenters. The Bertz CT molecular complexity index is 631. The average Bonchev–Trinajstić information content (AvgIpc) is 2.51. The Morgan fingerprint density at radius 2 is 2.04 bits per heavy atom. The van der Waals surface area contributed by atoms with Crippen LogP contribution in [0.2, 0.25) is 0 Å². The minimum Gasteiger partial charge on any atom is -0.370 e. The third-order valence-electron chi connectivity index (χ3n) is 3.94. The van der Waals surface area contributed by atoms with Gasteiger partial charge in [0, 0.05) is 13.1 Å². The number of hydrogen-bond acceptors (Lipinski definition) is 3. The van der Waals surface area contributed by atoms with Gasteiger partial charge in [-0.3, -0.25) is 9.59 Å². The highest BCUT2D eigenvalue weighted by atomic mass is 19.4. The van der Waals surface area contributed by atoms with Gasteiger partial charge in [0.1, 0.15) is 12.4 Å². The number of piperidine rings is 1. The van der Waals surface area contributed by atoms with Gasteiger partial charge in [-0.25, -0.2) is 4.39 Å². The van der Waals surface area contributed by atoms with Crippen LogP contribution in [-0.4, -0.2) is 37.5 Å². The van der Waals surface area contributed by atoms with E-state index in [1.807, 2.05) is 5.32 Å². The molecule has 2 rings (SSSR count). The standard InChI is InChI=1S/C16H18F4N2O2/c1-10(23)14-12(17)5-2-6-13(14)22-7-3-4-11(8-22)15(24)21-9-16(18,19)20/h2,5-6,11H,3-4,7-9H2,1H3,(H,21,24). The average molecular weight is 346 g/mol. The number of nitrogens with one attached hydrogen (secondary N) is 1. The molecule has 1 aromatic carbocycles. The molecule has 0 aromatic heterocycles. The van der Waals surface area contributed by atoms with Crippen LogP contribution < -0.4 is 10.2 Å². The van der Waals surface area contributed by atoms with E-state index in [2.05, 4.69) is 0 Å².